The third-order valence-corrected chi connectivity index (χ3v) is 3.75. The minimum Gasteiger partial charge on any atom is -0.395 e. The zero-order valence-corrected chi connectivity index (χ0v) is 12.9. The summed E-state index contributed by atoms with van der Waals surface area (Å²) in [4.78, 5) is 14.2. The Morgan fingerprint density at radius 3 is 2.39 bits per heavy atom. The molecule has 2 heterocycles. The highest BCUT2D eigenvalue weighted by atomic mass is 16.3. The minimum absolute atomic E-state index is 0.0402. The lowest BCUT2D eigenvalue weighted by molar-refractivity contribution is 0.188. The molecule has 0 radical (unpaired) electrons. The average Bonchev–Trinajstić information content (AvgIpc) is 2.56. The van der Waals surface area contributed by atoms with Crippen molar-refractivity contribution in [1.82, 2.24) is 14.9 Å². The van der Waals surface area contributed by atoms with Crippen LogP contribution in [0, 0.1) is 22.7 Å². The van der Waals surface area contributed by atoms with Gasteiger partial charge in [0.25, 0.3) is 0 Å². The molecule has 1 fully saturated rings. The first-order valence-electron chi connectivity index (χ1n) is 7.38. The van der Waals surface area contributed by atoms with Crippen LogP contribution >= 0.6 is 0 Å². The fourth-order valence-corrected chi connectivity index (χ4v) is 2.58. The summed E-state index contributed by atoms with van der Waals surface area (Å²) in [6, 6.07) is 4.02. The number of hydrogen-bond acceptors (Lipinski definition) is 9. The van der Waals surface area contributed by atoms with E-state index in [1.165, 1.54) is 11.2 Å². The Morgan fingerprint density at radius 1 is 1.17 bits per heavy atom. The van der Waals surface area contributed by atoms with Crippen molar-refractivity contribution in [3.63, 3.8) is 0 Å². The largest absolute Gasteiger partial charge is 0.395 e. The van der Waals surface area contributed by atoms with Crippen molar-refractivity contribution in [3.05, 3.63) is 6.33 Å². The summed E-state index contributed by atoms with van der Waals surface area (Å²) < 4.78 is 0. The Kier molecular flexibility index (Phi) is 5.92. The lowest BCUT2D eigenvalue weighted by atomic mass is 10.3. The van der Waals surface area contributed by atoms with Gasteiger partial charge >= 0.3 is 0 Å². The first-order chi connectivity index (χ1) is 11.2. The number of nitrogens with zero attached hydrogens (tertiary/aromatic N) is 7. The quantitative estimate of drug-likeness (QED) is 0.636. The highest BCUT2D eigenvalue weighted by Gasteiger charge is 2.22. The van der Waals surface area contributed by atoms with Gasteiger partial charge in [0.15, 0.2) is 11.6 Å². The van der Waals surface area contributed by atoms with Crippen LogP contribution in [0.3, 0.4) is 0 Å². The third kappa shape index (κ3) is 3.97. The van der Waals surface area contributed by atoms with Crippen molar-refractivity contribution >= 4 is 17.3 Å². The number of nitrogen functional groups attached to an aromatic ring is 1. The van der Waals surface area contributed by atoms with Crippen LogP contribution in [0.5, 0.6) is 0 Å². The third-order valence-electron chi connectivity index (χ3n) is 3.75. The highest BCUT2D eigenvalue weighted by molar-refractivity contribution is 5.76. The lowest BCUT2D eigenvalue weighted by Gasteiger charge is -2.35. The first kappa shape index (κ1) is 16.7. The molecule has 0 unspecified atom stereocenters. The number of hydrogen-bond donors (Lipinski definition) is 2. The van der Waals surface area contributed by atoms with Crippen LogP contribution in [0.1, 0.15) is 0 Å². The number of β-amino-alcohol motifs (C(OH)–C–C–N with tert-alkyl or cyclic N) is 1. The van der Waals surface area contributed by atoms with Gasteiger partial charge in [-0.15, -0.1) is 0 Å². The van der Waals surface area contributed by atoms with Crippen molar-refractivity contribution in [3.8, 4) is 12.1 Å². The predicted molar refractivity (Wildman–Crippen MR) is 85.6 cm³/mol. The molecule has 1 aliphatic heterocycles. The molecule has 0 bridgehead atoms. The molecular formula is C14H20N8O. The van der Waals surface area contributed by atoms with Gasteiger partial charge in [-0.3, -0.25) is 4.90 Å². The molecule has 0 atom stereocenters. The van der Waals surface area contributed by atoms with Gasteiger partial charge in [0, 0.05) is 32.7 Å². The van der Waals surface area contributed by atoms with E-state index >= 15 is 0 Å². The molecule has 1 saturated heterocycles. The molecule has 23 heavy (non-hydrogen) atoms. The summed E-state index contributed by atoms with van der Waals surface area (Å²) in [5.74, 6) is 1.04. The van der Waals surface area contributed by atoms with Crippen molar-refractivity contribution in [2.75, 3.05) is 68.0 Å². The summed E-state index contributed by atoms with van der Waals surface area (Å²) in [5, 5.41) is 26.8. The number of rotatable bonds is 6. The second-order valence-corrected chi connectivity index (χ2v) is 5.16. The molecule has 3 N–H and O–H groups in total. The highest BCUT2D eigenvalue weighted by Crippen LogP contribution is 2.29. The Morgan fingerprint density at radius 2 is 1.83 bits per heavy atom. The first-order valence-corrected chi connectivity index (χ1v) is 7.38. The SMILES string of the molecule is N#CCN(CC#N)c1ncnc(N2CCN(CCO)CC2)c1N. The van der Waals surface area contributed by atoms with Crippen LogP contribution in [-0.4, -0.2) is 72.4 Å². The maximum absolute atomic E-state index is 8.99. The van der Waals surface area contributed by atoms with Crippen LogP contribution in [0.2, 0.25) is 0 Å². The standard InChI is InChI=1S/C14H20N8O/c15-1-3-21(4-2-16)13-12(17)14(19-11-18-13)22-7-5-20(6-8-22)9-10-23/h11,23H,3-10,17H2. The van der Waals surface area contributed by atoms with Gasteiger partial charge in [0.1, 0.15) is 25.1 Å². The maximum Gasteiger partial charge on any atom is 0.159 e. The van der Waals surface area contributed by atoms with E-state index in [-0.39, 0.29) is 19.7 Å². The molecule has 0 spiro atoms. The number of nitriles is 2. The van der Waals surface area contributed by atoms with E-state index in [1.807, 2.05) is 12.1 Å². The van der Waals surface area contributed by atoms with Gasteiger partial charge in [-0.1, -0.05) is 0 Å². The summed E-state index contributed by atoms with van der Waals surface area (Å²) >= 11 is 0. The van der Waals surface area contributed by atoms with Gasteiger partial charge in [0.2, 0.25) is 0 Å². The van der Waals surface area contributed by atoms with Gasteiger partial charge in [-0.05, 0) is 0 Å². The Labute approximate surface area is 135 Å². The second kappa shape index (κ2) is 8.13. The zero-order valence-electron chi connectivity index (χ0n) is 12.9. The summed E-state index contributed by atoms with van der Waals surface area (Å²) in [6.45, 7) is 4.03. The molecule has 1 aliphatic rings. The van der Waals surface area contributed by atoms with Crippen LogP contribution in [0.25, 0.3) is 0 Å². The van der Waals surface area contributed by atoms with Gasteiger partial charge < -0.3 is 20.6 Å². The van der Waals surface area contributed by atoms with Gasteiger partial charge in [-0.2, -0.15) is 10.5 Å². The number of aliphatic hydroxyl groups excluding tert-OH is 1. The van der Waals surface area contributed by atoms with E-state index < -0.39 is 0 Å². The number of aliphatic hydroxyl groups is 1. The monoisotopic (exact) mass is 316 g/mol. The molecule has 2 rings (SSSR count). The second-order valence-electron chi connectivity index (χ2n) is 5.16. The van der Waals surface area contributed by atoms with Crippen LogP contribution < -0.4 is 15.5 Å². The fourth-order valence-electron chi connectivity index (χ4n) is 2.58. The molecule has 0 aromatic carbocycles. The normalized spacial score (nSPS) is 15.0. The average molecular weight is 316 g/mol. The van der Waals surface area contributed by atoms with Crippen LogP contribution in [-0.2, 0) is 0 Å². The van der Waals surface area contributed by atoms with E-state index in [0.29, 0.717) is 23.9 Å². The topological polar surface area (TPSA) is 129 Å². The maximum atomic E-state index is 8.99. The van der Waals surface area contributed by atoms with Gasteiger partial charge in [-0.25, -0.2) is 9.97 Å². The van der Waals surface area contributed by atoms with E-state index in [1.54, 1.807) is 0 Å². The molecule has 1 aromatic rings. The van der Waals surface area contributed by atoms with E-state index in [2.05, 4.69) is 19.8 Å². The number of anilines is 3. The molecule has 1 aromatic heterocycles. The van der Waals surface area contributed by atoms with E-state index in [9.17, 15) is 0 Å². The molecule has 0 aliphatic carbocycles. The van der Waals surface area contributed by atoms with Crippen molar-refractivity contribution < 1.29 is 5.11 Å². The Hall–Kier alpha value is -2.62. The fraction of sp³-hybridized carbons (Fsp3) is 0.571. The number of nitrogens with two attached hydrogens (primary N) is 1. The Bertz CT molecular complexity index is 584. The van der Waals surface area contributed by atoms with Crippen LogP contribution in [0.15, 0.2) is 6.33 Å². The van der Waals surface area contributed by atoms with Crippen molar-refractivity contribution in [2.45, 2.75) is 0 Å². The minimum atomic E-state index is 0.0402. The summed E-state index contributed by atoms with van der Waals surface area (Å²) in [5.41, 5.74) is 6.57. The van der Waals surface area contributed by atoms with Crippen molar-refractivity contribution in [1.29, 1.82) is 10.5 Å². The molecular weight excluding hydrogens is 296 g/mol. The van der Waals surface area contributed by atoms with Crippen LogP contribution in [0.4, 0.5) is 17.3 Å². The molecule has 0 amide bonds. The molecule has 9 nitrogen and oxygen atoms in total. The van der Waals surface area contributed by atoms with E-state index in [0.717, 1.165) is 26.2 Å². The van der Waals surface area contributed by atoms with Crippen molar-refractivity contribution in [2.24, 2.45) is 0 Å². The number of aromatic nitrogens is 2. The number of piperazine rings is 1. The predicted octanol–water partition coefficient (Wildman–Crippen LogP) is -0.973. The van der Waals surface area contributed by atoms with E-state index in [4.69, 9.17) is 21.4 Å². The molecule has 9 heteroatoms. The zero-order chi connectivity index (χ0) is 16.7. The molecule has 122 valence electrons. The smallest absolute Gasteiger partial charge is 0.159 e. The Balaban J connectivity index is 2.17. The lowest BCUT2D eigenvalue weighted by Crippen LogP contribution is -2.47. The molecule has 0 saturated carbocycles. The van der Waals surface area contributed by atoms with Gasteiger partial charge in [0.05, 0.1) is 18.7 Å². The summed E-state index contributed by atoms with van der Waals surface area (Å²) in [6.07, 6.45) is 1.41. The summed E-state index contributed by atoms with van der Waals surface area (Å²) in [7, 11) is 0.